The summed E-state index contributed by atoms with van der Waals surface area (Å²) < 4.78 is 6.66. The summed E-state index contributed by atoms with van der Waals surface area (Å²) in [6.45, 7) is 4.93. The van der Waals surface area contributed by atoms with E-state index in [9.17, 15) is 9.59 Å². The Hall–Kier alpha value is -3.49. The highest BCUT2D eigenvalue weighted by molar-refractivity contribution is 5.96. The van der Waals surface area contributed by atoms with Gasteiger partial charge in [0.1, 0.15) is 17.0 Å². The van der Waals surface area contributed by atoms with E-state index in [0.29, 0.717) is 48.8 Å². The Balaban J connectivity index is 1.46. The van der Waals surface area contributed by atoms with E-state index in [1.165, 1.54) is 4.68 Å². The Kier molecular flexibility index (Phi) is 4.87. The molecule has 3 aromatic rings. The molecular weight excluding hydrogens is 372 g/mol. The Bertz CT molecular complexity index is 1060. The molecule has 0 spiro atoms. The van der Waals surface area contributed by atoms with Crippen LogP contribution >= 0.6 is 0 Å². The van der Waals surface area contributed by atoms with Gasteiger partial charge in [-0.05, 0) is 37.1 Å². The fraction of sp³-hybridized carbons (Fsp3) is 0.350. The molecule has 0 saturated heterocycles. The first-order valence-corrected chi connectivity index (χ1v) is 9.39. The number of hydrogen-bond acceptors (Lipinski definition) is 6. The number of nitrogens with one attached hydrogen (secondary N) is 1. The predicted octanol–water partition coefficient (Wildman–Crippen LogP) is 1.55. The van der Waals surface area contributed by atoms with E-state index in [2.05, 4.69) is 20.6 Å². The zero-order valence-electron chi connectivity index (χ0n) is 16.6. The van der Waals surface area contributed by atoms with E-state index in [1.807, 2.05) is 6.07 Å². The topological polar surface area (TPSA) is 106 Å². The highest BCUT2D eigenvalue weighted by Gasteiger charge is 2.27. The van der Waals surface area contributed by atoms with Gasteiger partial charge >= 0.3 is 0 Å². The molecule has 0 atom stereocenters. The number of rotatable bonds is 4. The lowest BCUT2D eigenvalue weighted by molar-refractivity contribution is 0.0731. The van der Waals surface area contributed by atoms with Crippen molar-refractivity contribution in [1.29, 1.82) is 0 Å². The third kappa shape index (κ3) is 3.63. The molecule has 3 aromatic heterocycles. The molecule has 0 radical (unpaired) electrons. The van der Waals surface area contributed by atoms with Crippen LogP contribution in [0, 0.1) is 13.8 Å². The molecule has 4 heterocycles. The monoisotopic (exact) mass is 394 g/mol. The summed E-state index contributed by atoms with van der Waals surface area (Å²) >= 11 is 0. The molecule has 4 rings (SSSR count). The van der Waals surface area contributed by atoms with Gasteiger partial charge in [-0.3, -0.25) is 19.3 Å². The lowest BCUT2D eigenvalue weighted by Gasteiger charge is -2.28. The van der Waals surface area contributed by atoms with Crippen LogP contribution in [0.4, 0.5) is 0 Å². The van der Waals surface area contributed by atoms with Gasteiger partial charge in [-0.25, -0.2) is 0 Å². The zero-order valence-corrected chi connectivity index (χ0v) is 16.6. The van der Waals surface area contributed by atoms with Crippen LogP contribution in [0.1, 0.15) is 49.1 Å². The van der Waals surface area contributed by atoms with E-state index in [4.69, 9.17) is 4.52 Å². The van der Waals surface area contributed by atoms with E-state index < -0.39 is 0 Å². The van der Waals surface area contributed by atoms with Crippen molar-refractivity contribution in [1.82, 2.24) is 30.1 Å². The minimum Gasteiger partial charge on any atom is -0.361 e. The standard InChI is InChI=1S/C20H22N6O3/c1-12-18(13(2)29-24-12)20(28)26-7-5-16-15(11-26)8-14(9-21-16)10-22-19(27)17-4-6-23-25(17)3/h4,6,8-9H,5,7,10-11H2,1-3H3,(H,22,27). The molecule has 2 amide bonds. The maximum Gasteiger partial charge on any atom is 0.269 e. The fourth-order valence-electron chi connectivity index (χ4n) is 3.56. The van der Waals surface area contributed by atoms with Gasteiger partial charge in [0.25, 0.3) is 11.8 Å². The third-order valence-corrected chi connectivity index (χ3v) is 5.14. The second kappa shape index (κ2) is 7.50. The van der Waals surface area contributed by atoms with E-state index >= 15 is 0 Å². The van der Waals surface area contributed by atoms with Crippen LogP contribution in [0.25, 0.3) is 0 Å². The normalized spacial score (nSPS) is 13.3. The smallest absolute Gasteiger partial charge is 0.269 e. The van der Waals surface area contributed by atoms with Crippen LogP contribution in [-0.2, 0) is 26.6 Å². The summed E-state index contributed by atoms with van der Waals surface area (Å²) in [6, 6.07) is 3.66. The first-order chi connectivity index (χ1) is 13.9. The van der Waals surface area contributed by atoms with Crippen LogP contribution in [0.15, 0.2) is 29.0 Å². The molecule has 0 saturated carbocycles. The average molecular weight is 394 g/mol. The molecule has 0 bridgehead atoms. The van der Waals surface area contributed by atoms with Crippen molar-refractivity contribution in [3.05, 3.63) is 64.1 Å². The lowest BCUT2D eigenvalue weighted by atomic mass is 10.0. The second-order valence-electron chi connectivity index (χ2n) is 7.15. The van der Waals surface area contributed by atoms with Crippen molar-refractivity contribution in [3.63, 3.8) is 0 Å². The first kappa shape index (κ1) is 18.9. The molecule has 150 valence electrons. The summed E-state index contributed by atoms with van der Waals surface area (Å²) in [6.07, 6.45) is 4.04. The molecule has 1 aliphatic heterocycles. The maximum atomic E-state index is 12.9. The molecule has 0 unspecified atom stereocenters. The fourth-order valence-corrected chi connectivity index (χ4v) is 3.56. The van der Waals surface area contributed by atoms with Gasteiger partial charge in [0, 0.05) is 51.2 Å². The highest BCUT2D eigenvalue weighted by atomic mass is 16.5. The summed E-state index contributed by atoms with van der Waals surface area (Å²) in [4.78, 5) is 31.5. The van der Waals surface area contributed by atoms with Gasteiger partial charge in [-0.15, -0.1) is 0 Å². The second-order valence-corrected chi connectivity index (χ2v) is 7.15. The van der Waals surface area contributed by atoms with Gasteiger partial charge < -0.3 is 14.7 Å². The van der Waals surface area contributed by atoms with Crippen molar-refractivity contribution in [2.45, 2.75) is 33.4 Å². The Labute approximate surface area is 167 Å². The molecule has 0 aromatic carbocycles. The zero-order chi connectivity index (χ0) is 20.5. The Morgan fingerprint density at radius 1 is 1.31 bits per heavy atom. The number of aromatic nitrogens is 4. The highest BCUT2D eigenvalue weighted by Crippen LogP contribution is 2.22. The van der Waals surface area contributed by atoms with Gasteiger partial charge in [0.05, 0.1) is 5.69 Å². The quantitative estimate of drug-likeness (QED) is 0.720. The van der Waals surface area contributed by atoms with Crippen LogP contribution in [0.3, 0.4) is 0 Å². The molecule has 0 aliphatic carbocycles. The van der Waals surface area contributed by atoms with Crippen LogP contribution in [-0.4, -0.2) is 43.2 Å². The minimum absolute atomic E-state index is 0.0817. The predicted molar refractivity (Wildman–Crippen MR) is 103 cm³/mol. The molecule has 1 N–H and O–H groups in total. The van der Waals surface area contributed by atoms with E-state index in [-0.39, 0.29) is 11.8 Å². The first-order valence-electron chi connectivity index (χ1n) is 9.39. The SMILES string of the molecule is Cc1noc(C)c1C(=O)N1CCc2ncc(CNC(=O)c3ccnn3C)cc2C1. The molecule has 1 aliphatic rings. The summed E-state index contributed by atoms with van der Waals surface area (Å²) in [5.41, 5.74) is 4.47. The van der Waals surface area contributed by atoms with Crippen molar-refractivity contribution in [2.24, 2.45) is 7.05 Å². The summed E-state index contributed by atoms with van der Waals surface area (Å²) in [5.74, 6) is 0.253. The number of carbonyl (C=O) groups excluding carboxylic acids is 2. The Morgan fingerprint density at radius 3 is 2.83 bits per heavy atom. The molecular formula is C20H22N6O3. The minimum atomic E-state index is -0.196. The number of hydrogen-bond donors (Lipinski definition) is 1. The van der Waals surface area contributed by atoms with Gasteiger partial charge in [-0.1, -0.05) is 5.16 Å². The molecule has 29 heavy (non-hydrogen) atoms. The number of fused-ring (bicyclic) bond motifs is 1. The van der Waals surface area contributed by atoms with Gasteiger partial charge in [0.15, 0.2) is 0 Å². The van der Waals surface area contributed by atoms with Crippen LogP contribution < -0.4 is 5.32 Å². The average Bonchev–Trinajstić information content (AvgIpc) is 3.29. The third-order valence-electron chi connectivity index (χ3n) is 5.14. The number of carbonyl (C=O) groups is 2. The maximum absolute atomic E-state index is 12.9. The number of amides is 2. The summed E-state index contributed by atoms with van der Waals surface area (Å²) in [5, 5.41) is 10.8. The van der Waals surface area contributed by atoms with Crippen molar-refractivity contribution in [2.75, 3.05) is 6.54 Å². The van der Waals surface area contributed by atoms with Gasteiger partial charge in [-0.2, -0.15) is 5.10 Å². The molecule has 9 nitrogen and oxygen atoms in total. The number of aryl methyl sites for hydroxylation is 3. The van der Waals surface area contributed by atoms with Crippen molar-refractivity contribution >= 4 is 11.8 Å². The number of nitrogens with zero attached hydrogens (tertiary/aromatic N) is 5. The molecule has 0 fully saturated rings. The van der Waals surface area contributed by atoms with Gasteiger partial charge in [0.2, 0.25) is 0 Å². The largest absolute Gasteiger partial charge is 0.361 e. The molecule has 9 heteroatoms. The van der Waals surface area contributed by atoms with Crippen molar-refractivity contribution in [3.8, 4) is 0 Å². The lowest BCUT2D eigenvalue weighted by Crippen LogP contribution is -2.37. The van der Waals surface area contributed by atoms with E-state index in [1.54, 1.807) is 44.3 Å². The summed E-state index contributed by atoms with van der Waals surface area (Å²) in [7, 11) is 1.72. The van der Waals surface area contributed by atoms with Crippen LogP contribution in [0.5, 0.6) is 0 Å². The van der Waals surface area contributed by atoms with E-state index in [0.717, 1.165) is 16.8 Å². The number of pyridine rings is 1. The van der Waals surface area contributed by atoms with Crippen LogP contribution in [0.2, 0.25) is 0 Å². The van der Waals surface area contributed by atoms with Crippen molar-refractivity contribution < 1.29 is 14.1 Å². The Morgan fingerprint density at radius 2 is 2.14 bits per heavy atom.